The van der Waals surface area contributed by atoms with Gasteiger partial charge >= 0.3 is 6.09 Å². The largest absolute Gasteiger partial charge is 0.457 e. The molecule has 2 N–H and O–H groups in total. The number of aromatic nitrogens is 4. The lowest BCUT2D eigenvalue weighted by Gasteiger charge is -2.58. The summed E-state index contributed by atoms with van der Waals surface area (Å²) in [7, 11) is 0. The zero-order valence-corrected chi connectivity index (χ0v) is 28.4. The molecule has 48 heavy (non-hydrogen) atoms. The second-order valence-corrected chi connectivity index (χ2v) is 15.8. The van der Waals surface area contributed by atoms with Gasteiger partial charge in [0.05, 0.1) is 11.4 Å². The first kappa shape index (κ1) is 31.1. The summed E-state index contributed by atoms with van der Waals surface area (Å²) in [5.41, 5.74) is 9.40. The summed E-state index contributed by atoms with van der Waals surface area (Å²) in [5.74, 6) is 2.03. The van der Waals surface area contributed by atoms with Gasteiger partial charge in [0.2, 0.25) is 0 Å². The van der Waals surface area contributed by atoms with Crippen LogP contribution in [0.3, 0.4) is 0 Å². The summed E-state index contributed by atoms with van der Waals surface area (Å²) in [5, 5.41) is 5.95. The molecule has 10 nitrogen and oxygen atoms in total. The van der Waals surface area contributed by atoms with Crippen LogP contribution in [0.15, 0.2) is 60.9 Å². The molecule has 2 aromatic carbocycles. The number of benzene rings is 2. The lowest BCUT2D eigenvalue weighted by molar-refractivity contribution is -0.0798. The molecule has 2 spiro atoms. The van der Waals surface area contributed by atoms with E-state index in [2.05, 4.69) is 19.5 Å². The normalized spacial score (nSPS) is 21.3. The van der Waals surface area contributed by atoms with Gasteiger partial charge in [-0.1, -0.05) is 18.2 Å². The smallest absolute Gasteiger partial charge is 0.410 e. The van der Waals surface area contributed by atoms with Gasteiger partial charge in [-0.3, -0.25) is 0 Å². The van der Waals surface area contributed by atoms with Gasteiger partial charge in [0, 0.05) is 24.7 Å². The SMILES string of the molecule is CC(C)(C)OC(=O)N1CCC2(CC1)CC(N1CCC3(CC1)CC(n1nc(-c4ccc(Oc5ccccc5)cc4)c4c(N)ncnc41)C3)C2. The van der Waals surface area contributed by atoms with Crippen molar-refractivity contribution in [1.82, 2.24) is 29.5 Å². The minimum atomic E-state index is -0.441. The molecule has 2 aliphatic heterocycles. The predicted octanol–water partition coefficient (Wildman–Crippen LogP) is 7.46. The van der Waals surface area contributed by atoms with Crippen LogP contribution in [0.2, 0.25) is 0 Å². The second-order valence-electron chi connectivity index (χ2n) is 15.8. The van der Waals surface area contributed by atoms with E-state index in [1.54, 1.807) is 6.33 Å². The molecule has 4 fully saturated rings. The molecule has 4 aromatic rings. The summed E-state index contributed by atoms with van der Waals surface area (Å²) in [6.45, 7) is 9.80. The van der Waals surface area contributed by atoms with E-state index in [9.17, 15) is 4.79 Å². The Balaban J connectivity index is 0.874. The van der Waals surface area contributed by atoms with E-state index in [0.29, 0.717) is 28.7 Å². The fourth-order valence-corrected chi connectivity index (χ4v) is 8.74. The third kappa shape index (κ3) is 5.88. The number of hydrogen-bond acceptors (Lipinski definition) is 8. The maximum absolute atomic E-state index is 12.5. The van der Waals surface area contributed by atoms with Crippen molar-refractivity contribution < 1.29 is 14.3 Å². The van der Waals surface area contributed by atoms with E-state index >= 15 is 0 Å². The molecule has 2 aromatic heterocycles. The van der Waals surface area contributed by atoms with Crippen molar-refractivity contribution in [3.63, 3.8) is 0 Å². The van der Waals surface area contributed by atoms with Crippen molar-refractivity contribution in [3.05, 3.63) is 60.9 Å². The van der Waals surface area contributed by atoms with Crippen molar-refractivity contribution in [2.24, 2.45) is 10.8 Å². The van der Waals surface area contributed by atoms with Crippen LogP contribution in [0.5, 0.6) is 11.5 Å². The van der Waals surface area contributed by atoms with Crippen molar-refractivity contribution in [3.8, 4) is 22.8 Å². The minimum absolute atomic E-state index is 0.160. The molecule has 0 unspecified atom stereocenters. The molecule has 2 saturated heterocycles. The van der Waals surface area contributed by atoms with Crippen molar-refractivity contribution in [2.75, 3.05) is 31.9 Å². The standard InChI is InChI=1S/C38H47N7O3/c1-36(2,3)48-35(46)44-19-15-37(16-20-44)21-27(22-37)43-17-13-38(14-18-43)23-28(24-38)45-34-31(33(39)40-25-41-34)32(42-45)26-9-11-30(12-10-26)47-29-7-5-4-6-8-29/h4-12,25,27-28H,13-24H2,1-3H3,(H2,39,40,41). The van der Waals surface area contributed by atoms with Crippen LogP contribution in [0.4, 0.5) is 10.6 Å². The fourth-order valence-electron chi connectivity index (χ4n) is 8.74. The van der Waals surface area contributed by atoms with E-state index in [4.69, 9.17) is 20.3 Å². The third-order valence-electron chi connectivity index (χ3n) is 11.5. The van der Waals surface area contributed by atoms with E-state index in [1.807, 2.05) is 80.3 Å². The van der Waals surface area contributed by atoms with Gasteiger partial charge in [0.15, 0.2) is 5.65 Å². The van der Waals surface area contributed by atoms with E-state index in [1.165, 1.54) is 38.8 Å². The van der Waals surface area contributed by atoms with E-state index in [0.717, 1.165) is 72.6 Å². The Hall–Kier alpha value is -4.18. The zero-order chi connectivity index (χ0) is 33.1. The second kappa shape index (κ2) is 11.8. The van der Waals surface area contributed by atoms with Gasteiger partial charge in [0.1, 0.15) is 34.9 Å². The number of fused-ring (bicyclic) bond motifs is 1. The van der Waals surface area contributed by atoms with E-state index in [-0.39, 0.29) is 6.09 Å². The average Bonchev–Trinajstić information content (AvgIpc) is 3.43. The molecule has 4 heterocycles. The van der Waals surface area contributed by atoms with Crippen LogP contribution < -0.4 is 10.5 Å². The molecule has 252 valence electrons. The van der Waals surface area contributed by atoms with Crippen LogP contribution in [0.1, 0.15) is 78.2 Å². The molecular formula is C38H47N7O3. The molecule has 10 heteroatoms. The van der Waals surface area contributed by atoms with Gasteiger partial charge in [0.25, 0.3) is 0 Å². The quantitative estimate of drug-likeness (QED) is 0.237. The lowest BCUT2D eigenvalue weighted by Crippen LogP contribution is -2.58. The summed E-state index contributed by atoms with van der Waals surface area (Å²) >= 11 is 0. The summed E-state index contributed by atoms with van der Waals surface area (Å²) in [4.78, 5) is 26.2. The number of carbonyl (C=O) groups excluding carboxylic acids is 1. The van der Waals surface area contributed by atoms with Gasteiger partial charge in [-0.25, -0.2) is 19.4 Å². The molecule has 0 radical (unpaired) electrons. The number of piperidine rings is 2. The Morgan fingerprint density at radius 3 is 2.06 bits per heavy atom. The average molecular weight is 650 g/mol. The highest BCUT2D eigenvalue weighted by molar-refractivity contribution is 5.98. The lowest BCUT2D eigenvalue weighted by atomic mass is 9.58. The number of nitrogens with zero attached hydrogens (tertiary/aromatic N) is 6. The minimum Gasteiger partial charge on any atom is -0.457 e. The summed E-state index contributed by atoms with van der Waals surface area (Å²) in [6, 6.07) is 18.8. The maximum atomic E-state index is 12.5. The van der Waals surface area contributed by atoms with Crippen molar-refractivity contribution >= 4 is 22.9 Å². The highest BCUT2D eigenvalue weighted by Crippen LogP contribution is 2.57. The van der Waals surface area contributed by atoms with Crippen LogP contribution in [0, 0.1) is 10.8 Å². The predicted molar refractivity (Wildman–Crippen MR) is 186 cm³/mol. The number of carbonyl (C=O) groups is 1. The number of nitrogen functional groups attached to an aromatic ring is 1. The van der Waals surface area contributed by atoms with E-state index < -0.39 is 5.60 Å². The first-order valence-corrected chi connectivity index (χ1v) is 17.6. The first-order chi connectivity index (χ1) is 23.1. The topological polar surface area (TPSA) is 112 Å². The number of ether oxygens (including phenoxy) is 2. The number of para-hydroxylation sites is 1. The Labute approximate surface area is 282 Å². The fraction of sp³-hybridized carbons (Fsp3) is 0.526. The number of likely N-dealkylation sites (tertiary alicyclic amines) is 2. The molecule has 8 rings (SSSR count). The van der Waals surface area contributed by atoms with Crippen LogP contribution in [-0.4, -0.2) is 73.5 Å². The molecule has 1 amide bonds. The maximum Gasteiger partial charge on any atom is 0.410 e. The first-order valence-electron chi connectivity index (χ1n) is 17.6. The summed E-state index contributed by atoms with van der Waals surface area (Å²) in [6.07, 6.45) is 10.9. The molecule has 0 bridgehead atoms. The van der Waals surface area contributed by atoms with Gasteiger partial charge in [-0.15, -0.1) is 0 Å². The Morgan fingerprint density at radius 2 is 1.42 bits per heavy atom. The Bertz CT molecular complexity index is 1770. The molecule has 0 atom stereocenters. The van der Waals surface area contributed by atoms with Crippen LogP contribution >= 0.6 is 0 Å². The van der Waals surface area contributed by atoms with Crippen molar-refractivity contribution in [2.45, 2.75) is 89.8 Å². The number of nitrogens with two attached hydrogens (primary N) is 1. The van der Waals surface area contributed by atoms with Crippen LogP contribution in [0.25, 0.3) is 22.3 Å². The highest BCUT2D eigenvalue weighted by atomic mass is 16.6. The number of hydrogen-bond donors (Lipinski definition) is 1. The Kier molecular flexibility index (Phi) is 7.62. The van der Waals surface area contributed by atoms with Gasteiger partial charge in [-0.2, -0.15) is 5.10 Å². The molecule has 2 saturated carbocycles. The summed E-state index contributed by atoms with van der Waals surface area (Å²) < 4.78 is 13.7. The molecule has 2 aliphatic carbocycles. The number of amides is 1. The van der Waals surface area contributed by atoms with Gasteiger partial charge < -0.3 is 25.0 Å². The third-order valence-corrected chi connectivity index (χ3v) is 11.5. The van der Waals surface area contributed by atoms with Gasteiger partial charge in [-0.05, 0) is 132 Å². The zero-order valence-electron chi connectivity index (χ0n) is 28.4. The number of anilines is 1. The number of rotatable bonds is 5. The van der Waals surface area contributed by atoms with Crippen LogP contribution in [-0.2, 0) is 4.74 Å². The van der Waals surface area contributed by atoms with Crippen molar-refractivity contribution in [1.29, 1.82) is 0 Å². The molecular weight excluding hydrogens is 602 g/mol. The monoisotopic (exact) mass is 649 g/mol. The molecule has 4 aliphatic rings. The highest BCUT2D eigenvalue weighted by Gasteiger charge is 2.52. The Morgan fingerprint density at radius 1 is 0.812 bits per heavy atom.